The zero-order valence-electron chi connectivity index (χ0n) is 12.7. The Morgan fingerprint density at radius 2 is 1.82 bits per heavy atom. The first-order valence-electron chi connectivity index (χ1n) is 7.21. The molecule has 1 unspecified atom stereocenters. The zero-order chi connectivity index (χ0) is 16.3. The first kappa shape index (κ1) is 16.5. The van der Waals surface area contributed by atoms with Crippen LogP contribution in [0.25, 0.3) is 10.8 Å². The number of hydrogen-bond donors (Lipinski definition) is 1. The minimum absolute atomic E-state index is 0.0464. The number of benzene rings is 2. The molecule has 118 valence electrons. The Bertz CT molecular complexity index is 782. The van der Waals surface area contributed by atoms with E-state index in [0.717, 1.165) is 11.8 Å². The molecule has 0 aromatic heterocycles. The second-order valence-corrected chi connectivity index (χ2v) is 7.09. The summed E-state index contributed by atoms with van der Waals surface area (Å²) in [5.74, 6) is 4.63. The van der Waals surface area contributed by atoms with Crippen LogP contribution in [0.3, 0.4) is 0 Å². The highest BCUT2D eigenvalue weighted by Crippen LogP contribution is 2.25. The van der Waals surface area contributed by atoms with Crippen molar-refractivity contribution in [1.29, 1.82) is 0 Å². The number of carbonyl (C=O) groups is 1. The minimum Gasteiger partial charge on any atom is -0.272 e. The Kier molecular flexibility index (Phi) is 4.83. The van der Waals surface area contributed by atoms with E-state index < -0.39 is 21.8 Å². The van der Waals surface area contributed by atoms with E-state index in [-0.39, 0.29) is 4.90 Å². The molecule has 0 aliphatic heterocycles. The molecule has 2 rings (SSSR count). The molecule has 0 aliphatic rings. The third kappa shape index (κ3) is 2.98. The van der Waals surface area contributed by atoms with Crippen LogP contribution < -0.4 is 5.84 Å². The van der Waals surface area contributed by atoms with Crippen molar-refractivity contribution in [2.45, 2.75) is 31.6 Å². The number of fused-ring (bicyclic) bond motifs is 1. The molecule has 0 saturated heterocycles. The van der Waals surface area contributed by atoms with Crippen LogP contribution >= 0.6 is 0 Å². The van der Waals surface area contributed by atoms with Crippen LogP contribution in [0, 0.1) is 5.92 Å². The summed E-state index contributed by atoms with van der Waals surface area (Å²) in [6.07, 6.45) is 1.38. The Balaban J connectivity index is 2.47. The summed E-state index contributed by atoms with van der Waals surface area (Å²) in [6.45, 7) is 3.62. The number of nitrogens with zero attached hydrogens (tertiary/aromatic N) is 1. The summed E-state index contributed by atoms with van der Waals surface area (Å²) < 4.78 is 25.7. The molecule has 0 saturated carbocycles. The van der Waals surface area contributed by atoms with E-state index in [1.54, 1.807) is 25.1 Å². The Labute approximate surface area is 130 Å². The molecule has 6 heteroatoms. The fraction of sp³-hybridized carbons (Fsp3) is 0.312. The maximum Gasteiger partial charge on any atom is 0.280 e. The average Bonchev–Trinajstić information content (AvgIpc) is 2.53. The molecule has 5 nitrogen and oxygen atoms in total. The molecule has 0 radical (unpaired) electrons. The smallest absolute Gasteiger partial charge is 0.272 e. The SMILES string of the molecule is CCCC(C)C(=O)N(N)S(=O)(=O)c1cccc2ccccc12. The van der Waals surface area contributed by atoms with Gasteiger partial charge in [-0.3, -0.25) is 4.79 Å². The van der Waals surface area contributed by atoms with E-state index in [1.165, 1.54) is 6.07 Å². The highest BCUT2D eigenvalue weighted by atomic mass is 32.2. The largest absolute Gasteiger partial charge is 0.280 e. The van der Waals surface area contributed by atoms with Crippen molar-refractivity contribution in [2.75, 3.05) is 0 Å². The summed E-state index contributed by atoms with van der Waals surface area (Å²) in [6, 6.07) is 12.0. The van der Waals surface area contributed by atoms with Crippen LogP contribution in [-0.4, -0.2) is 18.7 Å². The highest BCUT2D eigenvalue weighted by Gasteiger charge is 2.30. The van der Waals surface area contributed by atoms with Gasteiger partial charge in [0.15, 0.2) is 0 Å². The molecule has 0 bridgehead atoms. The van der Waals surface area contributed by atoms with Crippen LogP contribution in [0.5, 0.6) is 0 Å². The molecule has 2 N–H and O–H groups in total. The van der Waals surface area contributed by atoms with Gasteiger partial charge in [0.25, 0.3) is 15.9 Å². The molecule has 0 heterocycles. The molecule has 0 fully saturated rings. The van der Waals surface area contributed by atoms with E-state index in [0.29, 0.717) is 16.2 Å². The second kappa shape index (κ2) is 6.46. The summed E-state index contributed by atoms with van der Waals surface area (Å²) >= 11 is 0. The summed E-state index contributed by atoms with van der Waals surface area (Å²) in [5, 5.41) is 1.34. The van der Waals surface area contributed by atoms with Crippen LogP contribution in [0.4, 0.5) is 0 Å². The number of rotatable bonds is 5. The summed E-state index contributed by atoms with van der Waals surface area (Å²) in [5.41, 5.74) is 0. The van der Waals surface area contributed by atoms with E-state index >= 15 is 0 Å². The molecule has 0 aliphatic carbocycles. The van der Waals surface area contributed by atoms with Gasteiger partial charge < -0.3 is 0 Å². The normalized spacial score (nSPS) is 13.0. The summed E-state index contributed by atoms with van der Waals surface area (Å²) in [7, 11) is -4.07. The Morgan fingerprint density at radius 3 is 2.50 bits per heavy atom. The number of carbonyl (C=O) groups excluding carboxylic acids is 1. The van der Waals surface area contributed by atoms with E-state index in [9.17, 15) is 13.2 Å². The van der Waals surface area contributed by atoms with Crippen molar-refractivity contribution in [3.8, 4) is 0 Å². The maximum absolute atomic E-state index is 12.7. The second-order valence-electron chi connectivity index (χ2n) is 5.31. The fourth-order valence-corrected chi connectivity index (χ4v) is 3.76. The predicted molar refractivity (Wildman–Crippen MR) is 86.2 cm³/mol. The molecule has 0 spiro atoms. The molecule has 2 aromatic carbocycles. The van der Waals surface area contributed by atoms with E-state index in [1.807, 2.05) is 25.1 Å². The number of amides is 1. The van der Waals surface area contributed by atoms with E-state index in [4.69, 9.17) is 5.84 Å². The van der Waals surface area contributed by atoms with Crippen molar-refractivity contribution >= 4 is 26.7 Å². The molecular formula is C16H20N2O3S. The topological polar surface area (TPSA) is 80.5 Å². The number of sulfonamides is 1. The lowest BCUT2D eigenvalue weighted by atomic mass is 10.1. The zero-order valence-corrected chi connectivity index (χ0v) is 13.5. The van der Waals surface area contributed by atoms with Gasteiger partial charge in [0.1, 0.15) is 0 Å². The van der Waals surface area contributed by atoms with Gasteiger partial charge in [-0.1, -0.05) is 56.7 Å². The van der Waals surface area contributed by atoms with Crippen molar-refractivity contribution < 1.29 is 13.2 Å². The van der Waals surface area contributed by atoms with Gasteiger partial charge in [0.2, 0.25) is 0 Å². The van der Waals surface area contributed by atoms with Gasteiger partial charge in [-0.2, -0.15) is 12.8 Å². The van der Waals surface area contributed by atoms with Gasteiger partial charge >= 0.3 is 0 Å². The minimum atomic E-state index is -4.07. The van der Waals surface area contributed by atoms with Gasteiger partial charge in [-0.05, 0) is 17.9 Å². The van der Waals surface area contributed by atoms with Crippen LogP contribution in [0.2, 0.25) is 0 Å². The lowest BCUT2D eigenvalue weighted by Gasteiger charge is -2.21. The van der Waals surface area contributed by atoms with Crippen molar-refractivity contribution in [2.24, 2.45) is 11.8 Å². The Morgan fingerprint density at radius 1 is 1.18 bits per heavy atom. The van der Waals surface area contributed by atoms with Gasteiger partial charge in [-0.25, -0.2) is 5.84 Å². The van der Waals surface area contributed by atoms with Crippen LogP contribution in [0.15, 0.2) is 47.4 Å². The first-order valence-corrected chi connectivity index (χ1v) is 8.65. The quantitative estimate of drug-likeness (QED) is 0.522. The standard InChI is InChI=1S/C16H20N2O3S/c1-3-7-12(2)16(19)18(17)22(20,21)15-11-6-9-13-8-4-5-10-14(13)15/h4-6,8-12H,3,7,17H2,1-2H3. The van der Waals surface area contributed by atoms with Crippen LogP contribution in [-0.2, 0) is 14.8 Å². The van der Waals surface area contributed by atoms with Gasteiger partial charge in [0.05, 0.1) is 4.90 Å². The predicted octanol–water partition coefficient (Wildman–Crippen LogP) is 2.67. The molecule has 1 amide bonds. The lowest BCUT2D eigenvalue weighted by Crippen LogP contribution is -2.45. The average molecular weight is 320 g/mol. The molecule has 1 atom stereocenters. The number of hydrogen-bond acceptors (Lipinski definition) is 4. The number of nitrogens with two attached hydrogens (primary N) is 1. The Hall–Kier alpha value is -1.92. The monoisotopic (exact) mass is 320 g/mol. The first-order chi connectivity index (χ1) is 10.4. The van der Waals surface area contributed by atoms with E-state index in [2.05, 4.69) is 0 Å². The van der Waals surface area contributed by atoms with Gasteiger partial charge in [-0.15, -0.1) is 0 Å². The summed E-state index contributed by atoms with van der Waals surface area (Å²) in [4.78, 5) is 12.3. The van der Waals surface area contributed by atoms with Gasteiger partial charge in [0, 0.05) is 11.3 Å². The fourth-order valence-electron chi connectivity index (χ4n) is 2.42. The highest BCUT2D eigenvalue weighted by molar-refractivity contribution is 7.89. The van der Waals surface area contributed by atoms with Crippen LogP contribution in [0.1, 0.15) is 26.7 Å². The van der Waals surface area contributed by atoms with Crippen molar-refractivity contribution in [3.63, 3.8) is 0 Å². The molecular weight excluding hydrogens is 300 g/mol. The van der Waals surface area contributed by atoms with Crippen molar-refractivity contribution in [3.05, 3.63) is 42.5 Å². The number of hydrazine groups is 1. The maximum atomic E-state index is 12.7. The van der Waals surface area contributed by atoms with Crippen molar-refractivity contribution in [1.82, 2.24) is 4.41 Å². The third-order valence-electron chi connectivity index (χ3n) is 3.65. The third-order valence-corrected chi connectivity index (χ3v) is 5.26. The molecule has 2 aromatic rings. The lowest BCUT2D eigenvalue weighted by molar-refractivity contribution is -0.130. The molecule has 22 heavy (non-hydrogen) atoms.